The molecular weight excluding hydrogens is 338 g/mol. The van der Waals surface area contributed by atoms with Crippen molar-refractivity contribution in [3.05, 3.63) is 0 Å². The van der Waals surface area contributed by atoms with Crippen molar-refractivity contribution in [3.8, 4) is 0 Å². The van der Waals surface area contributed by atoms with Crippen LogP contribution in [0.1, 0.15) is 67.7 Å². The first kappa shape index (κ1) is 21.1. The molecule has 0 bridgehead atoms. The molecule has 0 aromatic heterocycles. The third kappa shape index (κ3) is 3.62. The van der Waals surface area contributed by atoms with Gasteiger partial charge in [-0.3, -0.25) is 9.59 Å². The Morgan fingerprint density at radius 2 is 1.81 bits per heavy atom. The summed E-state index contributed by atoms with van der Waals surface area (Å²) in [6, 6.07) is 0. The largest absolute Gasteiger partial charge is 0.463 e. The second-order valence-corrected chi connectivity index (χ2v) is 8.00. The SMILES string of the molecule is CCC1(C)CC2(OC[C@@H](COC(C)=O)O2)C(C)C(C)(CC)N1OC(C)=O. The van der Waals surface area contributed by atoms with Crippen molar-refractivity contribution in [1.29, 1.82) is 0 Å². The lowest BCUT2D eigenvalue weighted by atomic mass is 9.67. The van der Waals surface area contributed by atoms with Gasteiger partial charge in [-0.1, -0.05) is 20.8 Å². The number of hydrogen-bond acceptors (Lipinski definition) is 7. The van der Waals surface area contributed by atoms with E-state index in [9.17, 15) is 9.59 Å². The topological polar surface area (TPSA) is 74.3 Å². The van der Waals surface area contributed by atoms with Crippen LogP contribution in [0, 0.1) is 5.92 Å². The Hall–Kier alpha value is -1.18. The number of piperidine rings is 1. The van der Waals surface area contributed by atoms with Crippen molar-refractivity contribution >= 4 is 11.9 Å². The molecule has 5 atom stereocenters. The maximum Gasteiger partial charge on any atom is 0.322 e. The summed E-state index contributed by atoms with van der Waals surface area (Å²) in [5, 5.41) is 1.87. The zero-order valence-electron chi connectivity index (χ0n) is 17.1. The van der Waals surface area contributed by atoms with Crippen molar-refractivity contribution in [2.75, 3.05) is 13.2 Å². The van der Waals surface area contributed by atoms with Gasteiger partial charge < -0.3 is 19.0 Å². The second-order valence-electron chi connectivity index (χ2n) is 8.00. The molecule has 0 N–H and O–H groups in total. The average Bonchev–Trinajstić information content (AvgIpc) is 2.99. The maximum atomic E-state index is 11.8. The fourth-order valence-corrected chi connectivity index (χ4v) is 4.28. The number of ether oxygens (including phenoxy) is 3. The lowest BCUT2D eigenvalue weighted by Gasteiger charge is -2.60. The molecule has 7 nitrogen and oxygen atoms in total. The van der Waals surface area contributed by atoms with Crippen LogP contribution in [0.15, 0.2) is 0 Å². The molecule has 26 heavy (non-hydrogen) atoms. The lowest BCUT2D eigenvalue weighted by molar-refractivity contribution is -0.354. The molecule has 150 valence electrons. The van der Waals surface area contributed by atoms with Crippen LogP contribution in [-0.4, -0.2) is 53.2 Å². The summed E-state index contributed by atoms with van der Waals surface area (Å²) < 4.78 is 17.6. The molecular formula is C19H33NO6. The number of hydroxylamine groups is 2. The monoisotopic (exact) mass is 371 g/mol. The van der Waals surface area contributed by atoms with Crippen LogP contribution in [-0.2, 0) is 28.6 Å². The van der Waals surface area contributed by atoms with Gasteiger partial charge in [0.05, 0.1) is 17.7 Å². The zero-order chi connectivity index (χ0) is 19.8. The third-order valence-corrected chi connectivity index (χ3v) is 6.22. The van der Waals surface area contributed by atoms with E-state index < -0.39 is 16.9 Å². The molecule has 2 heterocycles. The molecule has 2 fully saturated rings. The molecule has 1 spiro atoms. The number of nitrogens with zero attached hydrogens (tertiary/aromatic N) is 1. The van der Waals surface area contributed by atoms with Gasteiger partial charge in [-0.2, -0.15) is 0 Å². The van der Waals surface area contributed by atoms with Crippen LogP contribution in [0.25, 0.3) is 0 Å². The summed E-state index contributed by atoms with van der Waals surface area (Å²) in [7, 11) is 0. The van der Waals surface area contributed by atoms with Gasteiger partial charge in [-0.15, -0.1) is 5.06 Å². The number of hydrogen-bond donors (Lipinski definition) is 0. The van der Waals surface area contributed by atoms with E-state index in [1.807, 2.05) is 5.06 Å². The molecule has 2 aliphatic heterocycles. The van der Waals surface area contributed by atoms with Gasteiger partial charge in [0.15, 0.2) is 5.79 Å². The van der Waals surface area contributed by atoms with Crippen LogP contribution < -0.4 is 0 Å². The van der Waals surface area contributed by atoms with E-state index >= 15 is 0 Å². The molecule has 2 aliphatic rings. The first-order chi connectivity index (χ1) is 12.0. The van der Waals surface area contributed by atoms with E-state index in [0.29, 0.717) is 13.0 Å². The van der Waals surface area contributed by atoms with Crippen molar-refractivity contribution in [2.45, 2.75) is 90.7 Å². The van der Waals surface area contributed by atoms with E-state index in [-0.39, 0.29) is 30.6 Å². The molecule has 0 radical (unpaired) electrons. The molecule has 0 saturated carbocycles. The van der Waals surface area contributed by atoms with Gasteiger partial charge in [-0.25, -0.2) is 0 Å². The Morgan fingerprint density at radius 3 is 2.31 bits per heavy atom. The molecule has 0 amide bonds. The molecule has 0 aromatic rings. The Morgan fingerprint density at radius 1 is 1.15 bits per heavy atom. The second kappa shape index (κ2) is 7.44. The molecule has 0 aromatic carbocycles. The van der Waals surface area contributed by atoms with Gasteiger partial charge in [0.1, 0.15) is 12.7 Å². The highest BCUT2D eigenvalue weighted by Crippen LogP contribution is 2.54. The van der Waals surface area contributed by atoms with Crippen LogP contribution in [0.2, 0.25) is 0 Å². The minimum atomic E-state index is -0.795. The van der Waals surface area contributed by atoms with Gasteiger partial charge in [0.25, 0.3) is 0 Å². The number of carbonyl (C=O) groups is 2. The normalized spacial score (nSPS) is 40.6. The van der Waals surface area contributed by atoms with Crippen LogP contribution in [0.5, 0.6) is 0 Å². The number of esters is 1. The summed E-state index contributed by atoms with van der Waals surface area (Å²) >= 11 is 0. The zero-order valence-corrected chi connectivity index (χ0v) is 17.1. The van der Waals surface area contributed by atoms with Gasteiger partial charge >= 0.3 is 11.9 Å². The Labute approximate surface area is 156 Å². The fraction of sp³-hybridized carbons (Fsp3) is 0.895. The van der Waals surface area contributed by atoms with E-state index in [0.717, 1.165) is 12.8 Å². The highest BCUT2D eigenvalue weighted by atomic mass is 16.8. The fourth-order valence-electron chi connectivity index (χ4n) is 4.28. The summed E-state index contributed by atoms with van der Waals surface area (Å²) in [6.07, 6.45) is 1.81. The summed E-state index contributed by atoms with van der Waals surface area (Å²) in [6.45, 7) is 13.8. The Kier molecular flexibility index (Phi) is 6.05. The van der Waals surface area contributed by atoms with Crippen molar-refractivity contribution in [2.24, 2.45) is 5.92 Å². The van der Waals surface area contributed by atoms with Crippen LogP contribution in [0.4, 0.5) is 0 Å². The number of carbonyl (C=O) groups excluding carboxylic acids is 2. The van der Waals surface area contributed by atoms with Crippen molar-refractivity contribution < 1.29 is 28.6 Å². The standard InChI is InChI=1S/C19H33NO6/c1-8-17(6)12-19(24-11-16(25-19)10-23-14(4)21)13(3)18(7,9-2)20(17)26-15(5)22/h13,16H,8-12H2,1-7H3/t13?,16-,17?,18?,19?/m1/s1. The molecule has 4 unspecified atom stereocenters. The maximum absolute atomic E-state index is 11.8. The minimum Gasteiger partial charge on any atom is -0.463 e. The predicted molar refractivity (Wildman–Crippen MR) is 95.0 cm³/mol. The Bertz CT molecular complexity index is 554. The van der Waals surface area contributed by atoms with E-state index in [2.05, 4.69) is 34.6 Å². The highest BCUT2D eigenvalue weighted by Gasteiger charge is 2.64. The summed E-state index contributed by atoms with van der Waals surface area (Å²) in [5.41, 5.74) is -0.885. The van der Waals surface area contributed by atoms with Crippen molar-refractivity contribution in [3.63, 3.8) is 0 Å². The molecule has 2 saturated heterocycles. The van der Waals surface area contributed by atoms with Crippen molar-refractivity contribution in [1.82, 2.24) is 5.06 Å². The van der Waals surface area contributed by atoms with E-state index in [4.69, 9.17) is 19.0 Å². The smallest absolute Gasteiger partial charge is 0.322 e. The molecule has 7 heteroatoms. The van der Waals surface area contributed by atoms with E-state index in [1.54, 1.807) is 0 Å². The third-order valence-electron chi connectivity index (χ3n) is 6.22. The molecule has 0 aliphatic carbocycles. The average molecular weight is 371 g/mol. The van der Waals surface area contributed by atoms with Crippen LogP contribution in [0.3, 0.4) is 0 Å². The minimum absolute atomic E-state index is 0.0543. The number of rotatable bonds is 5. The first-order valence-electron chi connectivity index (χ1n) is 9.47. The summed E-state index contributed by atoms with van der Waals surface area (Å²) in [4.78, 5) is 28.6. The van der Waals surface area contributed by atoms with E-state index in [1.165, 1.54) is 13.8 Å². The first-order valence-corrected chi connectivity index (χ1v) is 9.47. The highest BCUT2D eigenvalue weighted by molar-refractivity contribution is 5.66. The molecule has 2 rings (SSSR count). The Balaban J connectivity index is 2.33. The lowest BCUT2D eigenvalue weighted by Crippen LogP contribution is -2.72. The predicted octanol–water partition coefficient (Wildman–Crippen LogP) is 2.82. The van der Waals surface area contributed by atoms with Gasteiger partial charge in [0.2, 0.25) is 0 Å². The van der Waals surface area contributed by atoms with Gasteiger partial charge in [-0.05, 0) is 26.7 Å². The summed E-state index contributed by atoms with van der Waals surface area (Å²) in [5.74, 6) is -1.50. The van der Waals surface area contributed by atoms with Crippen LogP contribution >= 0.6 is 0 Å². The van der Waals surface area contributed by atoms with Gasteiger partial charge in [0, 0.05) is 26.2 Å². The quantitative estimate of drug-likeness (QED) is 0.688.